The van der Waals surface area contributed by atoms with E-state index in [9.17, 15) is 9.59 Å². The highest BCUT2D eigenvalue weighted by atomic mass is 16.4. The van der Waals surface area contributed by atoms with E-state index in [0.717, 1.165) is 5.56 Å². The number of nitrogens with one attached hydrogen (secondary N) is 1. The molecule has 2 N–H and O–H groups in total. The van der Waals surface area contributed by atoms with Crippen molar-refractivity contribution in [1.82, 2.24) is 5.32 Å². The van der Waals surface area contributed by atoms with Crippen molar-refractivity contribution in [2.45, 2.75) is 19.9 Å². The van der Waals surface area contributed by atoms with E-state index < -0.39 is 12.0 Å². The van der Waals surface area contributed by atoms with E-state index in [4.69, 9.17) is 5.11 Å². The van der Waals surface area contributed by atoms with Gasteiger partial charge in [0.25, 0.3) is 5.91 Å². The van der Waals surface area contributed by atoms with Crippen molar-refractivity contribution in [1.29, 1.82) is 0 Å². The molecule has 1 rings (SSSR count). The van der Waals surface area contributed by atoms with Gasteiger partial charge in [-0.25, -0.2) is 0 Å². The Balaban J connectivity index is 2.69. The molecule has 0 heterocycles. The van der Waals surface area contributed by atoms with Crippen molar-refractivity contribution < 1.29 is 14.7 Å². The molecule has 0 aromatic heterocycles. The Morgan fingerprint density at radius 2 is 1.80 bits per heavy atom. The van der Waals surface area contributed by atoms with Gasteiger partial charge in [-0.05, 0) is 26.0 Å². The Hall–Kier alpha value is -1.84. The molecule has 0 aliphatic carbocycles. The number of carbonyl (C=O) groups excluding carboxylic acids is 1. The van der Waals surface area contributed by atoms with Gasteiger partial charge in [0.05, 0.1) is 0 Å². The van der Waals surface area contributed by atoms with Crippen LogP contribution in [0.15, 0.2) is 24.3 Å². The molecule has 0 saturated carbocycles. The number of aryl methyl sites for hydroxylation is 1. The van der Waals surface area contributed by atoms with Crippen molar-refractivity contribution in [3.8, 4) is 0 Å². The zero-order valence-corrected chi connectivity index (χ0v) is 8.65. The summed E-state index contributed by atoms with van der Waals surface area (Å²) < 4.78 is 0. The summed E-state index contributed by atoms with van der Waals surface area (Å²) in [7, 11) is 0. The predicted molar refractivity (Wildman–Crippen MR) is 55.7 cm³/mol. The maximum absolute atomic E-state index is 11.5. The minimum atomic E-state index is -1.05. The molecule has 80 valence electrons. The number of rotatable bonds is 3. The van der Waals surface area contributed by atoms with E-state index in [1.165, 1.54) is 6.92 Å². The van der Waals surface area contributed by atoms with Crippen LogP contribution < -0.4 is 5.32 Å². The SMILES string of the molecule is Cc1ccc(C(=O)N[C@H](C)C(=O)O)cc1. The lowest BCUT2D eigenvalue weighted by atomic mass is 10.1. The summed E-state index contributed by atoms with van der Waals surface area (Å²) in [5, 5.41) is 11.0. The highest BCUT2D eigenvalue weighted by Gasteiger charge is 2.14. The lowest BCUT2D eigenvalue weighted by molar-refractivity contribution is -0.138. The molecule has 0 aliphatic heterocycles. The van der Waals surface area contributed by atoms with Crippen LogP contribution >= 0.6 is 0 Å². The first-order valence-corrected chi connectivity index (χ1v) is 4.61. The van der Waals surface area contributed by atoms with Crippen molar-refractivity contribution in [3.63, 3.8) is 0 Å². The molecule has 4 heteroatoms. The molecule has 1 atom stereocenters. The average molecular weight is 207 g/mol. The smallest absolute Gasteiger partial charge is 0.325 e. The van der Waals surface area contributed by atoms with E-state index in [-0.39, 0.29) is 5.91 Å². The van der Waals surface area contributed by atoms with E-state index >= 15 is 0 Å². The number of carboxylic acid groups (broad SMARTS) is 1. The van der Waals surface area contributed by atoms with Crippen molar-refractivity contribution in [3.05, 3.63) is 35.4 Å². The Morgan fingerprint density at radius 3 is 2.27 bits per heavy atom. The first kappa shape index (κ1) is 11.2. The van der Waals surface area contributed by atoms with Crippen molar-refractivity contribution in [2.75, 3.05) is 0 Å². The minimum Gasteiger partial charge on any atom is -0.480 e. The lowest BCUT2D eigenvalue weighted by Gasteiger charge is -2.08. The number of benzene rings is 1. The topological polar surface area (TPSA) is 66.4 Å². The van der Waals surface area contributed by atoms with Crippen LogP contribution in [-0.2, 0) is 4.79 Å². The fourth-order valence-corrected chi connectivity index (χ4v) is 1.05. The second-order valence-electron chi connectivity index (χ2n) is 3.40. The van der Waals surface area contributed by atoms with E-state index in [1.807, 2.05) is 6.92 Å². The number of carbonyl (C=O) groups is 2. The van der Waals surface area contributed by atoms with Gasteiger partial charge in [0.2, 0.25) is 0 Å². The third kappa shape index (κ3) is 3.09. The van der Waals surface area contributed by atoms with Crippen LogP contribution in [-0.4, -0.2) is 23.0 Å². The van der Waals surface area contributed by atoms with Crippen LogP contribution in [0.2, 0.25) is 0 Å². The molecule has 4 nitrogen and oxygen atoms in total. The third-order valence-corrected chi connectivity index (χ3v) is 2.03. The number of hydrogen-bond acceptors (Lipinski definition) is 2. The van der Waals surface area contributed by atoms with Gasteiger partial charge < -0.3 is 10.4 Å². The molecule has 0 aliphatic rings. The van der Waals surface area contributed by atoms with Crippen LogP contribution in [0, 0.1) is 6.92 Å². The Kier molecular flexibility index (Phi) is 3.44. The number of aliphatic carboxylic acids is 1. The molecule has 1 amide bonds. The summed E-state index contributed by atoms with van der Waals surface area (Å²) in [4.78, 5) is 22.0. The summed E-state index contributed by atoms with van der Waals surface area (Å²) in [5.41, 5.74) is 1.52. The summed E-state index contributed by atoms with van der Waals surface area (Å²) >= 11 is 0. The number of carboxylic acids is 1. The summed E-state index contributed by atoms with van der Waals surface area (Å²) in [6.45, 7) is 3.34. The Bertz CT molecular complexity index is 370. The van der Waals surface area contributed by atoms with Gasteiger partial charge in [0.15, 0.2) is 0 Å². The zero-order valence-electron chi connectivity index (χ0n) is 8.65. The first-order valence-electron chi connectivity index (χ1n) is 4.61. The predicted octanol–water partition coefficient (Wildman–Crippen LogP) is 1.20. The molecular formula is C11H13NO3. The molecular weight excluding hydrogens is 194 g/mol. The minimum absolute atomic E-state index is 0.370. The fourth-order valence-electron chi connectivity index (χ4n) is 1.05. The molecule has 0 saturated heterocycles. The summed E-state index contributed by atoms with van der Waals surface area (Å²) in [6.07, 6.45) is 0. The van der Waals surface area contributed by atoms with Crippen LogP contribution in [0.5, 0.6) is 0 Å². The summed E-state index contributed by atoms with van der Waals surface area (Å²) in [6, 6.07) is 6.07. The largest absolute Gasteiger partial charge is 0.480 e. The second kappa shape index (κ2) is 4.59. The van der Waals surface area contributed by atoms with Gasteiger partial charge in [-0.15, -0.1) is 0 Å². The van der Waals surface area contributed by atoms with Crippen molar-refractivity contribution >= 4 is 11.9 Å². The van der Waals surface area contributed by atoms with Gasteiger partial charge >= 0.3 is 5.97 Å². The Morgan fingerprint density at radius 1 is 1.27 bits per heavy atom. The maximum Gasteiger partial charge on any atom is 0.325 e. The highest BCUT2D eigenvalue weighted by Crippen LogP contribution is 2.03. The van der Waals surface area contributed by atoms with Gasteiger partial charge in [-0.2, -0.15) is 0 Å². The van der Waals surface area contributed by atoms with Crippen molar-refractivity contribution in [2.24, 2.45) is 0 Å². The van der Waals surface area contributed by atoms with E-state index in [2.05, 4.69) is 5.32 Å². The zero-order chi connectivity index (χ0) is 11.4. The normalized spacial score (nSPS) is 11.9. The number of amides is 1. The third-order valence-electron chi connectivity index (χ3n) is 2.03. The first-order chi connectivity index (χ1) is 7.00. The average Bonchev–Trinajstić information content (AvgIpc) is 2.18. The molecule has 1 aromatic rings. The van der Waals surface area contributed by atoms with Gasteiger partial charge in [-0.1, -0.05) is 17.7 Å². The van der Waals surface area contributed by atoms with E-state index in [0.29, 0.717) is 5.56 Å². The fraction of sp³-hybridized carbons (Fsp3) is 0.273. The van der Waals surface area contributed by atoms with Crippen LogP contribution in [0.1, 0.15) is 22.8 Å². The second-order valence-corrected chi connectivity index (χ2v) is 3.40. The molecule has 0 spiro atoms. The van der Waals surface area contributed by atoms with E-state index in [1.54, 1.807) is 24.3 Å². The monoisotopic (exact) mass is 207 g/mol. The quantitative estimate of drug-likeness (QED) is 0.782. The number of hydrogen-bond donors (Lipinski definition) is 2. The van der Waals surface area contributed by atoms with Crippen LogP contribution in [0.25, 0.3) is 0 Å². The molecule has 0 fully saturated rings. The Labute approximate surface area is 87.9 Å². The summed E-state index contributed by atoms with van der Waals surface area (Å²) in [5.74, 6) is -1.42. The van der Waals surface area contributed by atoms with Crippen LogP contribution in [0.3, 0.4) is 0 Å². The van der Waals surface area contributed by atoms with Crippen LogP contribution in [0.4, 0.5) is 0 Å². The highest BCUT2D eigenvalue weighted by molar-refractivity contribution is 5.96. The molecule has 0 bridgehead atoms. The molecule has 0 unspecified atom stereocenters. The van der Waals surface area contributed by atoms with Gasteiger partial charge in [-0.3, -0.25) is 9.59 Å². The van der Waals surface area contributed by atoms with Gasteiger partial charge in [0.1, 0.15) is 6.04 Å². The molecule has 15 heavy (non-hydrogen) atoms. The maximum atomic E-state index is 11.5. The molecule has 0 radical (unpaired) electrons. The molecule has 1 aromatic carbocycles. The lowest BCUT2D eigenvalue weighted by Crippen LogP contribution is -2.38. The standard InChI is InChI=1S/C11H13NO3/c1-7-3-5-9(6-4-7)10(13)12-8(2)11(14)15/h3-6,8H,1-2H3,(H,12,13)(H,14,15)/t8-/m1/s1. The van der Waals surface area contributed by atoms with Gasteiger partial charge in [0, 0.05) is 5.56 Å².